The average molecular weight is 399 g/mol. The quantitative estimate of drug-likeness (QED) is 0.702. The van der Waals surface area contributed by atoms with Crippen molar-refractivity contribution < 1.29 is 29.1 Å². The number of aliphatic carboxylic acids is 1. The van der Waals surface area contributed by atoms with Gasteiger partial charge in [-0.25, -0.2) is 0 Å². The molecule has 2 saturated heterocycles. The summed E-state index contributed by atoms with van der Waals surface area (Å²) >= 11 is 0. The average Bonchev–Trinajstić information content (AvgIpc) is 3.22. The lowest BCUT2D eigenvalue weighted by atomic mass is 9.99. The van der Waals surface area contributed by atoms with E-state index >= 15 is 0 Å². The Morgan fingerprint density at radius 3 is 2.59 bits per heavy atom. The molecule has 0 radical (unpaired) electrons. The van der Waals surface area contributed by atoms with E-state index in [9.17, 15) is 29.1 Å². The molecule has 9 nitrogen and oxygen atoms in total. The van der Waals surface area contributed by atoms with Crippen molar-refractivity contribution in [3.05, 3.63) is 34.9 Å². The monoisotopic (exact) mass is 399 g/mol. The number of carbonyl (C=O) groups excluding carboxylic acids is 4. The van der Waals surface area contributed by atoms with Gasteiger partial charge < -0.3 is 14.9 Å². The number of carbonyl (C=O) groups is 5. The highest BCUT2D eigenvalue weighted by Crippen LogP contribution is 2.30. The molecule has 3 aliphatic rings. The van der Waals surface area contributed by atoms with Crippen molar-refractivity contribution in [2.75, 3.05) is 13.1 Å². The van der Waals surface area contributed by atoms with Gasteiger partial charge in [0.15, 0.2) is 0 Å². The van der Waals surface area contributed by atoms with Crippen LogP contribution in [0.4, 0.5) is 0 Å². The summed E-state index contributed by atoms with van der Waals surface area (Å²) < 4.78 is 0. The summed E-state index contributed by atoms with van der Waals surface area (Å²) in [6, 6.07) is 4.13. The van der Waals surface area contributed by atoms with Crippen molar-refractivity contribution in [1.82, 2.24) is 15.1 Å². The van der Waals surface area contributed by atoms with Crippen LogP contribution in [-0.4, -0.2) is 63.6 Å². The van der Waals surface area contributed by atoms with Gasteiger partial charge in [-0.15, -0.1) is 0 Å². The number of piperidine rings is 1. The van der Waals surface area contributed by atoms with Gasteiger partial charge in [0, 0.05) is 37.2 Å². The molecule has 2 N–H and O–H groups in total. The number of hydrogen-bond donors (Lipinski definition) is 2. The van der Waals surface area contributed by atoms with Crippen LogP contribution < -0.4 is 5.32 Å². The minimum absolute atomic E-state index is 0.142. The number of fused-ring (bicyclic) bond motifs is 1. The molecule has 4 amide bonds. The number of likely N-dealkylation sites (tertiary alicyclic amines) is 1. The topological polar surface area (TPSA) is 124 Å². The van der Waals surface area contributed by atoms with E-state index in [1.54, 1.807) is 19.1 Å². The maximum atomic E-state index is 12.9. The molecule has 2 fully saturated rings. The maximum absolute atomic E-state index is 12.9. The van der Waals surface area contributed by atoms with E-state index in [4.69, 9.17) is 0 Å². The highest BCUT2D eigenvalue weighted by atomic mass is 16.4. The number of rotatable bonds is 3. The summed E-state index contributed by atoms with van der Waals surface area (Å²) in [5, 5.41) is 11.5. The second-order valence-electron chi connectivity index (χ2n) is 7.90. The van der Waals surface area contributed by atoms with Crippen LogP contribution in [0.2, 0.25) is 0 Å². The molecule has 1 aromatic rings. The summed E-state index contributed by atoms with van der Waals surface area (Å²) in [4.78, 5) is 63.4. The third kappa shape index (κ3) is 3.26. The summed E-state index contributed by atoms with van der Waals surface area (Å²) in [5.41, 5.74) is 1.40. The van der Waals surface area contributed by atoms with Gasteiger partial charge in [-0.1, -0.05) is 13.0 Å². The SMILES string of the molecule is C[C@@H]1CN(C(=O)c2ccc3c(c2)C(=O)N(C2CCC(=O)NC2=O)C3)C[C@H]1C(=O)O. The van der Waals surface area contributed by atoms with Crippen LogP contribution in [-0.2, 0) is 20.9 Å². The van der Waals surface area contributed by atoms with Crippen molar-refractivity contribution in [3.63, 3.8) is 0 Å². The number of imide groups is 1. The molecule has 0 spiro atoms. The van der Waals surface area contributed by atoms with Gasteiger partial charge in [-0.3, -0.25) is 29.3 Å². The van der Waals surface area contributed by atoms with E-state index in [2.05, 4.69) is 5.32 Å². The van der Waals surface area contributed by atoms with Crippen LogP contribution in [0.3, 0.4) is 0 Å². The Morgan fingerprint density at radius 2 is 1.93 bits per heavy atom. The maximum Gasteiger partial charge on any atom is 0.308 e. The summed E-state index contributed by atoms with van der Waals surface area (Å²) in [7, 11) is 0. The van der Waals surface area contributed by atoms with Crippen molar-refractivity contribution in [2.24, 2.45) is 11.8 Å². The molecule has 0 aromatic heterocycles. The lowest BCUT2D eigenvalue weighted by Gasteiger charge is -2.29. The van der Waals surface area contributed by atoms with Crippen LogP contribution in [0, 0.1) is 11.8 Å². The highest BCUT2D eigenvalue weighted by molar-refractivity contribution is 6.06. The zero-order chi connectivity index (χ0) is 20.9. The molecule has 4 rings (SSSR count). The van der Waals surface area contributed by atoms with Gasteiger partial charge in [0.1, 0.15) is 6.04 Å². The van der Waals surface area contributed by atoms with Crippen LogP contribution in [0.1, 0.15) is 46.0 Å². The summed E-state index contributed by atoms with van der Waals surface area (Å²) in [6.45, 7) is 2.54. The Labute approximate surface area is 166 Å². The van der Waals surface area contributed by atoms with Crippen LogP contribution >= 0.6 is 0 Å². The molecule has 0 bridgehead atoms. The third-order valence-electron chi connectivity index (χ3n) is 5.99. The molecule has 0 aliphatic carbocycles. The van der Waals surface area contributed by atoms with E-state index in [0.29, 0.717) is 17.7 Å². The Balaban J connectivity index is 1.52. The van der Waals surface area contributed by atoms with Crippen LogP contribution in [0.5, 0.6) is 0 Å². The Kier molecular flexibility index (Phi) is 4.60. The van der Waals surface area contributed by atoms with Crippen molar-refractivity contribution in [3.8, 4) is 0 Å². The van der Waals surface area contributed by atoms with E-state index in [1.165, 1.54) is 15.9 Å². The molecule has 3 heterocycles. The smallest absolute Gasteiger partial charge is 0.308 e. The minimum Gasteiger partial charge on any atom is -0.481 e. The Morgan fingerprint density at radius 1 is 1.17 bits per heavy atom. The standard InChI is InChI=1S/C20H21N3O6/c1-10-7-22(9-14(10)20(28)29)18(26)11-2-3-12-8-23(19(27)13(12)6-11)15-4-5-16(24)21-17(15)25/h2-3,6,10,14-15H,4-5,7-9H2,1H3,(H,28,29)(H,21,24,25)/t10-,14-,15?/m1/s1. The Hall–Kier alpha value is -3.23. The minimum atomic E-state index is -0.920. The van der Waals surface area contributed by atoms with E-state index in [0.717, 1.165) is 5.56 Å². The zero-order valence-corrected chi connectivity index (χ0v) is 15.9. The first-order chi connectivity index (χ1) is 13.8. The van der Waals surface area contributed by atoms with E-state index in [1.807, 2.05) is 0 Å². The highest BCUT2D eigenvalue weighted by Gasteiger charge is 2.40. The molecular weight excluding hydrogens is 378 g/mol. The predicted molar refractivity (Wildman–Crippen MR) is 98.7 cm³/mol. The van der Waals surface area contributed by atoms with Gasteiger partial charge >= 0.3 is 5.97 Å². The van der Waals surface area contributed by atoms with Gasteiger partial charge in [-0.2, -0.15) is 0 Å². The molecular formula is C20H21N3O6. The first-order valence-corrected chi connectivity index (χ1v) is 9.56. The van der Waals surface area contributed by atoms with Crippen LogP contribution in [0.15, 0.2) is 18.2 Å². The van der Waals surface area contributed by atoms with Crippen LogP contribution in [0.25, 0.3) is 0 Å². The number of nitrogens with zero attached hydrogens (tertiary/aromatic N) is 2. The van der Waals surface area contributed by atoms with Gasteiger partial charge in [0.25, 0.3) is 11.8 Å². The number of amides is 4. The number of carboxylic acids is 1. The normalized spacial score (nSPS) is 26.5. The first kappa shape index (κ1) is 19.1. The van der Waals surface area contributed by atoms with Gasteiger partial charge in [0.2, 0.25) is 11.8 Å². The number of nitrogens with one attached hydrogen (secondary N) is 1. The van der Waals surface area contributed by atoms with Gasteiger partial charge in [0.05, 0.1) is 5.92 Å². The van der Waals surface area contributed by atoms with E-state index in [-0.39, 0.29) is 49.6 Å². The zero-order valence-electron chi connectivity index (χ0n) is 15.9. The fraction of sp³-hybridized carbons (Fsp3) is 0.450. The molecule has 0 saturated carbocycles. The molecule has 3 aliphatic heterocycles. The third-order valence-corrected chi connectivity index (χ3v) is 5.99. The number of carboxylic acid groups (broad SMARTS) is 1. The first-order valence-electron chi connectivity index (χ1n) is 9.56. The Bertz CT molecular complexity index is 942. The van der Waals surface area contributed by atoms with Gasteiger partial charge in [-0.05, 0) is 30.0 Å². The predicted octanol–water partition coefficient (Wildman–Crippen LogP) is 0.240. The molecule has 1 unspecified atom stereocenters. The molecule has 3 atom stereocenters. The van der Waals surface area contributed by atoms with Crippen molar-refractivity contribution in [2.45, 2.75) is 32.4 Å². The molecule has 152 valence electrons. The molecule has 9 heteroatoms. The lowest BCUT2D eigenvalue weighted by molar-refractivity contribution is -0.142. The lowest BCUT2D eigenvalue weighted by Crippen LogP contribution is -2.52. The largest absolute Gasteiger partial charge is 0.481 e. The van der Waals surface area contributed by atoms with Crippen molar-refractivity contribution in [1.29, 1.82) is 0 Å². The van der Waals surface area contributed by atoms with Crippen molar-refractivity contribution >= 4 is 29.6 Å². The fourth-order valence-electron chi connectivity index (χ4n) is 4.32. The summed E-state index contributed by atoms with van der Waals surface area (Å²) in [6.07, 6.45) is 0.455. The second-order valence-corrected chi connectivity index (χ2v) is 7.90. The fourth-order valence-corrected chi connectivity index (χ4v) is 4.32. The van der Waals surface area contributed by atoms with E-state index < -0.39 is 23.8 Å². The number of hydrogen-bond acceptors (Lipinski definition) is 5. The number of benzene rings is 1. The summed E-state index contributed by atoms with van der Waals surface area (Å²) in [5.74, 6) is -3.14. The molecule has 29 heavy (non-hydrogen) atoms. The molecule has 1 aromatic carbocycles. The second kappa shape index (κ2) is 6.98.